The molecule has 0 saturated carbocycles. The minimum absolute atomic E-state index is 0.0546. The van der Waals surface area contributed by atoms with Gasteiger partial charge in [-0.2, -0.15) is 0 Å². The molecule has 0 N–H and O–H groups in total. The van der Waals surface area contributed by atoms with Gasteiger partial charge in [-0.3, -0.25) is 4.57 Å². The van der Waals surface area contributed by atoms with E-state index in [1.54, 1.807) is 0 Å². The molecule has 2 nitrogen and oxygen atoms in total. The zero-order valence-corrected chi connectivity index (χ0v) is 18.3. The van der Waals surface area contributed by atoms with Crippen LogP contribution in [-0.2, 0) is 0 Å². The summed E-state index contributed by atoms with van der Waals surface area (Å²) in [6.07, 6.45) is 13.5. The lowest BCUT2D eigenvalue weighted by Crippen LogP contribution is -2.25. The van der Waals surface area contributed by atoms with E-state index in [0.717, 1.165) is 12.2 Å². The second-order valence-electron chi connectivity index (χ2n) is 8.46. The highest BCUT2D eigenvalue weighted by Crippen LogP contribution is 2.43. The molecule has 0 saturated heterocycles. The van der Waals surface area contributed by atoms with E-state index < -0.39 is 0 Å². The molecule has 0 radical (unpaired) electrons. The molecule has 1 aliphatic rings. The molecule has 146 valence electrons. The van der Waals surface area contributed by atoms with Crippen LogP contribution in [-0.4, -0.2) is 9.55 Å². The molecule has 1 atom stereocenters. The normalized spacial score (nSPS) is 16.0. The number of hydrogen-bond acceptors (Lipinski definition) is 1. The Morgan fingerprint density at radius 2 is 1.82 bits per heavy atom. The lowest BCUT2D eigenvalue weighted by atomic mass is 9.69. The van der Waals surface area contributed by atoms with Crippen molar-refractivity contribution in [2.45, 2.75) is 54.9 Å². The number of benzene rings is 1. The molecule has 2 aromatic rings. The predicted molar refractivity (Wildman–Crippen MR) is 120 cm³/mol. The van der Waals surface area contributed by atoms with Crippen molar-refractivity contribution in [3.05, 3.63) is 82.6 Å². The quantitative estimate of drug-likeness (QED) is 0.522. The Balaban J connectivity index is 2.30. The molecular weight excluding hydrogens is 340 g/mol. The van der Waals surface area contributed by atoms with Crippen molar-refractivity contribution >= 4 is 5.57 Å². The van der Waals surface area contributed by atoms with Gasteiger partial charge in [0.25, 0.3) is 0 Å². The summed E-state index contributed by atoms with van der Waals surface area (Å²) in [4.78, 5) is 4.81. The van der Waals surface area contributed by atoms with E-state index in [2.05, 4.69) is 95.3 Å². The average Bonchev–Trinajstić information content (AvgIpc) is 2.96. The summed E-state index contributed by atoms with van der Waals surface area (Å²) >= 11 is 0. The predicted octanol–water partition coefficient (Wildman–Crippen LogP) is 6.90. The summed E-state index contributed by atoms with van der Waals surface area (Å²) in [5, 5.41) is 0. The largest absolute Gasteiger partial charge is 0.299 e. The van der Waals surface area contributed by atoms with Crippen LogP contribution in [0.4, 0.5) is 0 Å². The van der Waals surface area contributed by atoms with Gasteiger partial charge in [0.05, 0.1) is 5.69 Å². The molecule has 0 spiro atoms. The Labute approximate surface area is 170 Å². The lowest BCUT2D eigenvalue weighted by molar-refractivity contribution is 0.273. The first-order chi connectivity index (χ1) is 13.3. The average molecular weight is 373 g/mol. The van der Waals surface area contributed by atoms with Crippen LogP contribution in [0.1, 0.15) is 56.6 Å². The SMILES string of the molecule is CCC(C)(C1=C(c2nccn2-c2c(C)cc(C)cc2C)C=CC=C=C1)C(C)C. The van der Waals surface area contributed by atoms with E-state index >= 15 is 0 Å². The van der Waals surface area contributed by atoms with Crippen molar-refractivity contribution in [1.82, 2.24) is 9.55 Å². The Hall–Kier alpha value is -2.57. The number of nitrogens with zero attached hydrogens (tertiary/aromatic N) is 2. The number of allylic oxidation sites excluding steroid dienone is 5. The molecular formula is C26H32N2. The maximum absolute atomic E-state index is 4.81. The molecule has 1 heterocycles. The van der Waals surface area contributed by atoms with Crippen molar-refractivity contribution < 1.29 is 0 Å². The van der Waals surface area contributed by atoms with Gasteiger partial charge in [-0.25, -0.2) is 4.98 Å². The van der Waals surface area contributed by atoms with Crippen LogP contribution in [0, 0.1) is 32.1 Å². The van der Waals surface area contributed by atoms with Crippen LogP contribution in [0.15, 0.2) is 60.1 Å². The van der Waals surface area contributed by atoms with Gasteiger partial charge in [-0.05, 0) is 67.4 Å². The fourth-order valence-corrected chi connectivity index (χ4v) is 4.31. The molecule has 1 aromatic carbocycles. The highest BCUT2D eigenvalue weighted by atomic mass is 15.1. The Kier molecular flexibility index (Phi) is 5.63. The topological polar surface area (TPSA) is 17.8 Å². The van der Waals surface area contributed by atoms with Crippen LogP contribution in [0.2, 0.25) is 0 Å². The van der Waals surface area contributed by atoms with Gasteiger partial charge in [0, 0.05) is 18.0 Å². The summed E-state index contributed by atoms with van der Waals surface area (Å²) in [6.45, 7) is 15.8. The lowest BCUT2D eigenvalue weighted by Gasteiger charge is -2.35. The van der Waals surface area contributed by atoms with Crippen molar-refractivity contribution in [1.29, 1.82) is 0 Å². The first-order valence-electron chi connectivity index (χ1n) is 10.3. The first-order valence-corrected chi connectivity index (χ1v) is 10.3. The van der Waals surface area contributed by atoms with Crippen LogP contribution in [0.25, 0.3) is 11.3 Å². The standard InChI is InChI=1S/C26H32N2/c1-8-26(7,18(2)3)23-13-11-9-10-12-22(23)25-27-14-15-28(25)24-20(5)16-19(4)17-21(24)6/h9-10,12-18H,8H2,1-7H3. The number of aromatic nitrogens is 2. The van der Waals surface area contributed by atoms with Crippen LogP contribution < -0.4 is 0 Å². The van der Waals surface area contributed by atoms with E-state index in [-0.39, 0.29) is 5.41 Å². The van der Waals surface area contributed by atoms with Crippen LogP contribution in [0.3, 0.4) is 0 Å². The van der Waals surface area contributed by atoms with Crippen molar-refractivity contribution in [2.24, 2.45) is 11.3 Å². The van der Waals surface area contributed by atoms with Gasteiger partial charge in [0.1, 0.15) is 5.82 Å². The fraction of sp³-hybridized carbons (Fsp3) is 0.385. The van der Waals surface area contributed by atoms with Gasteiger partial charge in [0.15, 0.2) is 0 Å². The maximum Gasteiger partial charge on any atom is 0.144 e. The molecule has 0 bridgehead atoms. The fourth-order valence-electron chi connectivity index (χ4n) is 4.31. The summed E-state index contributed by atoms with van der Waals surface area (Å²) in [5.41, 5.74) is 10.9. The molecule has 28 heavy (non-hydrogen) atoms. The Morgan fingerprint density at radius 1 is 1.14 bits per heavy atom. The first kappa shape index (κ1) is 20.2. The Morgan fingerprint density at radius 3 is 2.43 bits per heavy atom. The number of aryl methyl sites for hydroxylation is 3. The van der Waals surface area contributed by atoms with E-state index in [4.69, 9.17) is 4.98 Å². The monoisotopic (exact) mass is 372 g/mol. The molecule has 3 rings (SSSR count). The Bertz CT molecular complexity index is 984. The van der Waals surface area contributed by atoms with Gasteiger partial charge in [-0.15, -0.1) is 5.73 Å². The van der Waals surface area contributed by atoms with Crippen LogP contribution >= 0.6 is 0 Å². The van der Waals surface area contributed by atoms with E-state index in [9.17, 15) is 0 Å². The third-order valence-corrected chi connectivity index (χ3v) is 6.36. The van der Waals surface area contributed by atoms with E-state index in [1.807, 2.05) is 12.3 Å². The van der Waals surface area contributed by atoms with Crippen molar-refractivity contribution in [2.75, 3.05) is 0 Å². The highest BCUT2D eigenvalue weighted by Gasteiger charge is 2.32. The number of imidazole rings is 1. The van der Waals surface area contributed by atoms with Gasteiger partial charge < -0.3 is 0 Å². The molecule has 0 fully saturated rings. The smallest absolute Gasteiger partial charge is 0.144 e. The minimum Gasteiger partial charge on any atom is -0.299 e. The molecule has 1 unspecified atom stereocenters. The molecule has 0 aliphatic heterocycles. The van der Waals surface area contributed by atoms with Gasteiger partial charge >= 0.3 is 0 Å². The number of rotatable bonds is 5. The van der Waals surface area contributed by atoms with Crippen molar-refractivity contribution in [3.63, 3.8) is 0 Å². The third kappa shape index (κ3) is 3.45. The summed E-state index contributed by atoms with van der Waals surface area (Å²) in [6, 6.07) is 4.49. The second-order valence-corrected chi connectivity index (χ2v) is 8.46. The maximum atomic E-state index is 4.81. The summed E-state index contributed by atoms with van der Waals surface area (Å²) in [5.74, 6) is 1.51. The summed E-state index contributed by atoms with van der Waals surface area (Å²) < 4.78 is 2.25. The molecule has 0 amide bonds. The second kappa shape index (κ2) is 7.81. The zero-order valence-electron chi connectivity index (χ0n) is 18.3. The highest BCUT2D eigenvalue weighted by molar-refractivity contribution is 5.78. The van der Waals surface area contributed by atoms with Gasteiger partial charge in [0.2, 0.25) is 0 Å². The third-order valence-electron chi connectivity index (χ3n) is 6.36. The van der Waals surface area contributed by atoms with Gasteiger partial charge in [-0.1, -0.05) is 57.5 Å². The van der Waals surface area contributed by atoms with E-state index in [1.165, 1.54) is 33.5 Å². The molecule has 2 heteroatoms. The zero-order chi connectivity index (χ0) is 20.5. The van der Waals surface area contributed by atoms with Crippen LogP contribution in [0.5, 0.6) is 0 Å². The van der Waals surface area contributed by atoms with E-state index in [0.29, 0.717) is 5.92 Å². The molecule has 1 aromatic heterocycles. The summed E-state index contributed by atoms with van der Waals surface area (Å²) in [7, 11) is 0. The molecule has 1 aliphatic carbocycles. The number of hydrogen-bond donors (Lipinski definition) is 0. The van der Waals surface area contributed by atoms with Crippen molar-refractivity contribution in [3.8, 4) is 5.69 Å². The minimum atomic E-state index is 0.0546.